The molecule has 0 aliphatic rings. The van der Waals surface area contributed by atoms with Gasteiger partial charge in [0.15, 0.2) is 0 Å². The lowest BCUT2D eigenvalue weighted by Gasteiger charge is -2.14. The van der Waals surface area contributed by atoms with Crippen molar-refractivity contribution in [2.45, 2.75) is 20.4 Å². The Morgan fingerprint density at radius 1 is 1.20 bits per heavy atom. The van der Waals surface area contributed by atoms with Crippen LogP contribution in [0.3, 0.4) is 0 Å². The van der Waals surface area contributed by atoms with E-state index in [1.54, 1.807) is 49.4 Å². The Morgan fingerprint density at radius 2 is 1.92 bits per heavy atom. The van der Waals surface area contributed by atoms with Crippen LogP contribution in [0.2, 0.25) is 5.02 Å². The second kappa shape index (κ2) is 6.61. The van der Waals surface area contributed by atoms with Crippen molar-refractivity contribution in [3.05, 3.63) is 69.0 Å². The lowest BCUT2D eigenvalue weighted by Crippen LogP contribution is -2.29. The number of aromatic hydroxyl groups is 1. The average Bonchev–Trinajstić information content (AvgIpc) is 2.59. The minimum absolute atomic E-state index is 0.278. The number of hydrogen-bond acceptors (Lipinski definition) is 3. The summed E-state index contributed by atoms with van der Waals surface area (Å²) in [6, 6.07) is 12.0. The van der Waals surface area contributed by atoms with Crippen molar-refractivity contribution < 1.29 is 9.90 Å². The predicted octanol–water partition coefficient (Wildman–Crippen LogP) is 3.94. The lowest BCUT2D eigenvalue weighted by atomic mass is 10.1. The van der Waals surface area contributed by atoms with Gasteiger partial charge in [-0.3, -0.25) is 9.59 Å². The molecular formula is C19H17ClN2O3. The molecule has 0 unspecified atom stereocenters. The van der Waals surface area contributed by atoms with Gasteiger partial charge in [0.1, 0.15) is 11.3 Å². The van der Waals surface area contributed by atoms with E-state index in [-0.39, 0.29) is 11.3 Å². The molecule has 2 N–H and O–H groups in total. The Balaban J connectivity index is 2.17. The molecule has 0 spiro atoms. The van der Waals surface area contributed by atoms with Gasteiger partial charge in [-0.15, -0.1) is 0 Å². The molecule has 0 saturated heterocycles. The van der Waals surface area contributed by atoms with Crippen LogP contribution in [0.4, 0.5) is 5.69 Å². The highest BCUT2D eigenvalue weighted by Gasteiger charge is 2.22. The summed E-state index contributed by atoms with van der Waals surface area (Å²) in [5.74, 6) is -0.983. The molecule has 25 heavy (non-hydrogen) atoms. The third-order valence-electron chi connectivity index (χ3n) is 4.20. The fourth-order valence-electron chi connectivity index (χ4n) is 2.84. The van der Waals surface area contributed by atoms with Crippen LogP contribution in [0.1, 0.15) is 22.8 Å². The zero-order valence-electron chi connectivity index (χ0n) is 13.8. The quantitative estimate of drug-likeness (QED) is 0.746. The van der Waals surface area contributed by atoms with Gasteiger partial charge in [-0.2, -0.15) is 0 Å². The highest BCUT2D eigenvalue weighted by atomic mass is 35.5. The first-order chi connectivity index (χ1) is 12.0. The molecule has 1 heterocycles. The van der Waals surface area contributed by atoms with Crippen molar-refractivity contribution >= 4 is 34.1 Å². The molecule has 6 heteroatoms. The third-order valence-corrected chi connectivity index (χ3v) is 4.61. The number of aromatic nitrogens is 1. The average molecular weight is 357 g/mol. The van der Waals surface area contributed by atoms with E-state index in [1.165, 1.54) is 4.57 Å². The SMILES string of the molecule is CCn1c(=O)c(C(=O)Nc2cccc(Cl)c2C)c(O)c2ccccc21. The summed E-state index contributed by atoms with van der Waals surface area (Å²) in [7, 11) is 0. The number of aryl methyl sites for hydroxylation is 1. The number of nitrogens with zero attached hydrogens (tertiary/aromatic N) is 1. The zero-order chi connectivity index (χ0) is 18.1. The maximum atomic E-state index is 12.7. The maximum Gasteiger partial charge on any atom is 0.267 e. The molecule has 0 aliphatic heterocycles. The summed E-state index contributed by atoms with van der Waals surface area (Å²) in [6.45, 7) is 3.96. The Labute approximate surface area is 149 Å². The van der Waals surface area contributed by atoms with Crippen molar-refractivity contribution in [3.8, 4) is 5.75 Å². The van der Waals surface area contributed by atoms with Crippen LogP contribution in [0.25, 0.3) is 10.9 Å². The normalized spacial score (nSPS) is 10.8. The fraction of sp³-hybridized carbons (Fsp3) is 0.158. The van der Waals surface area contributed by atoms with Crippen molar-refractivity contribution in [3.63, 3.8) is 0 Å². The molecule has 5 nitrogen and oxygen atoms in total. The van der Waals surface area contributed by atoms with Crippen molar-refractivity contribution in [1.82, 2.24) is 4.57 Å². The number of para-hydroxylation sites is 1. The molecule has 1 amide bonds. The van der Waals surface area contributed by atoms with Crippen LogP contribution in [0.15, 0.2) is 47.3 Å². The van der Waals surface area contributed by atoms with Gasteiger partial charge in [0.25, 0.3) is 11.5 Å². The molecule has 0 atom stereocenters. The minimum atomic E-state index is -0.666. The summed E-state index contributed by atoms with van der Waals surface area (Å²) in [5, 5.41) is 14.2. The number of halogens is 1. The molecule has 3 rings (SSSR count). The molecule has 0 saturated carbocycles. The van der Waals surface area contributed by atoms with Crippen LogP contribution >= 0.6 is 11.6 Å². The summed E-state index contributed by atoms with van der Waals surface area (Å²) >= 11 is 6.07. The van der Waals surface area contributed by atoms with E-state index in [4.69, 9.17) is 11.6 Å². The van der Waals surface area contributed by atoms with Gasteiger partial charge >= 0.3 is 0 Å². The van der Waals surface area contributed by atoms with Gasteiger partial charge < -0.3 is 15.0 Å². The number of rotatable bonds is 3. The van der Waals surface area contributed by atoms with E-state index in [9.17, 15) is 14.7 Å². The van der Waals surface area contributed by atoms with E-state index in [0.29, 0.717) is 33.7 Å². The smallest absolute Gasteiger partial charge is 0.267 e. The first-order valence-corrected chi connectivity index (χ1v) is 8.24. The van der Waals surface area contributed by atoms with Crippen LogP contribution < -0.4 is 10.9 Å². The van der Waals surface area contributed by atoms with E-state index in [1.807, 2.05) is 6.92 Å². The summed E-state index contributed by atoms with van der Waals surface area (Å²) in [5.41, 5.74) is 0.958. The number of anilines is 1. The van der Waals surface area contributed by atoms with Gasteiger partial charge in [-0.25, -0.2) is 0 Å². The topological polar surface area (TPSA) is 71.3 Å². The number of benzene rings is 2. The number of fused-ring (bicyclic) bond motifs is 1. The van der Waals surface area contributed by atoms with Crippen molar-refractivity contribution in [2.24, 2.45) is 0 Å². The van der Waals surface area contributed by atoms with Gasteiger partial charge in [0.2, 0.25) is 0 Å². The molecule has 0 aliphatic carbocycles. The summed E-state index contributed by atoms with van der Waals surface area (Å²) < 4.78 is 1.47. The largest absolute Gasteiger partial charge is 0.506 e. The second-order valence-corrected chi connectivity index (χ2v) is 6.06. The van der Waals surface area contributed by atoms with Crippen molar-refractivity contribution in [2.75, 3.05) is 5.32 Å². The Bertz CT molecular complexity index is 1040. The molecule has 2 aromatic carbocycles. The molecule has 0 bridgehead atoms. The summed E-state index contributed by atoms with van der Waals surface area (Å²) in [6.07, 6.45) is 0. The lowest BCUT2D eigenvalue weighted by molar-refractivity contribution is 0.102. The zero-order valence-corrected chi connectivity index (χ0v) is 14.6. The molecule has 1 aromatic heterocycles. The number of carbonyl (C=O) groups excluding carboxylic acids is 1. The highest BCUT2D eigenvalue weighted by Crippen LogP contribution is 2.28. The minimum Gasteiger partial charge on any atom is -0.506 e. The number of carbonyl (C=O) groups is 1. The number of pyridine rings is 1. The van der Waals surface area contributed by atoms with Gasteiger partial charge in [0.05, 0.1) is 5.52 Å². The molecule has 0 fully saturated rings. The second-order valence-electron chi connectivity index (χ2n) is 5.66. The number of nitrogens with one attached hydrogen (secondary N) is 1. The fourth-order valence-corrected chi connectivity index (χ4v) is 3.01. The Morgan fingerprint density at radius 3 is 2.64 bits per heavy atom. The van der Waals surface area contributed by atoms with Gasteiger partial charge in [-0.05, 0) is 43.7 Å². The summed E-state index contributed by atoms with van der Waals surface area (Å²) in [4.78, 5) is 25.4. The molecule has 3 aromatic rings. The van der Waals surface area contributed by atoms with Crippen LogP contribution in [-0.4, -0.2) is 15.6 Å². The van der Waals surface area contributed by atoms with E-state index in [2.05, 4.69) is 5.32 Å². The van der Waals surface area contributed by atoms with E-state index < -0.39 is 11.5 Å². The first-order valence-electron chi connectivity index (χ1n) is 7.86. The third kappa shape index (κ3) is 2.87. The van der Waals surface area contributed by atoms with Gasteiger partial charge in [0, 0.05) is 22.6 Å². The van der Waals surface area contributed by atoms with E-state index in [0.717, 1.165) is 0 Å². The predicted molar refractivity (Wildman–Crippen MR) is 99.7 cm³/mol. The van der Waals surface area contributed by atoms with Crippen LogP contribution in [-0.2, 0) is 6.54 Å². The monoisotopic (exact) mass is 356 g/mol. The van der Waals surface area contributed by atoms with Gasteiger partial charge in [-0.1, -0.05) is 29.8 Å². The number of hydrogen-bond donors (Lipinski definition) is 2. The number of amides is 1. The molecule has 128 valence electrons. The molecule has 0 radical (unpaired) electrons. The Hall–Kier alpha value is -2.79. The van der Waals surface area contributed by atoms with E-state index >= 15 is 0 Å². The van der Waals surface area contributed by atoms with Crippen LogP contribution in [0, 0.1) is 6.92 Å². The maximum absolute atomic E-state index is 12.7. The standard InChI is InChI=1S/C19H17ClN2O3/c1-3-22-15-10-5-4-7-12(15)17(23)16(19(22)25)18(24)21-14-9-6-8-13(20)11(14)2/h4-10,23H,3H2,1-2H3,(H,21,24). The van der Waals surface area contributed by atoms with Crippen molar-refractivity contribution in [1.29, 1.82) is 0 Å². The first kappa shape index (κ1) is 17.0. The Kier molecular flexibility index (Phi) is 4.51. The highest BCUT2D eigenvalue weighted by molar-refractivity contribution is 6.31. The van der Waals surface area contributed by atoms with Crippen LogP contribution in [0.5, 0.6) is 5.75 Å². The molecular weight excluding hydrogens is 340 g/mol.